The Kier molecular flexibility index (Phi) is 4.92. The summed E-state index contributed by atoms with van der Waals surface area (Å²) in [4.78, 5) is 11.5. The number of hydrogen-bond acceptors (Lipinski definition) is 7. The first kappa shape index (κ1) is 18.7. The molecule has 1 aliphatic rings. The number of likely N-dealkylation sites (tertiary alicyclic amines) is 1. The second-order valence-electron chi connectivity index (χ2n) is 7.95. The second kappa shape index (κ2) is 7.87. The molecule has 0 saturated carbocycles. The molecule has 8 nitrogen and oxygen atoms in total. The third-order valence-electron chi connectivity index (χ3n) is 5.55. The molecule has 1 aliphatic heterocycles. The maximum atomic E-state index is 5.55. The zero-order valence-electron chi connectivity index (χ0n) is 17.2. The molecule has 1 atom stereocenters. The summed E-state index contributed by atoms with van der Waals surface area (Å²) in [6.07, 6.45) is 3.62. The van der Waals surface area contributed by atoms with E-state index in [-0.39, 0.29) is 5.92 Å². The van der Waals surface area contributed by atoms with Crippen LogP contribution in [0.25, 0.3) is 11.5 Å². The molecule has 0 N–H and O–H groups in total. The van der Waals surface area contributed by atoms with Crippen LogP contribution in [0, 0.1) is 6.92 Å². The smallest absolute Gasteiger partial charge is 0.240 e. The standard InChI is InChI=1S/C22H24N6O2/c1-15-5-3-6-16(11-15)12-19-23-20(29-25-19)14-28-10-8-17(13-28)22-24-21(26-30-22)18-7-4-9-27(18)2/h3-7,9,11,17H,8,10,12-14H2,1-2H3. The fourth-order valence-electron chi connectivity index (χ4n) is 4.00. The van der Waals surface area contributed by atoms with E-state index in [9.17, 15) is 0 Å². The molecule has 0 spiro atoms. The first-order valence-electron chi connectivity index (χ1n) is 10.2. The van der Waals surface area contributed by atoms with Gasteiger partial charge in [-0.25, -0.2) is 0 Å². The van der Waals surface area contributed by atoms with Crippen molar-refractivity contribution in [2.45, 2.75) is 32.2 Å². The Morgan fingerprint density at radius 2 is 2.03 bits per heavy atom. The summed E-state index contributed by atoms with van der Waals surface area (Å²) in [5.74, 6) is 2.91. The highest BCUT2D eigenvalue weighted by atomic mass is 16.5. The van der Waals surface area contributed by atoms with E-state index >= 15 is 0 Å². The van der Waals surface area contributed by atoms with Crippen molar-refractivity contribution in [3.8, 4) is 11.5 Å². The lowest BCUT2D eigenvalue weighted by Crippen LogP contribution is -2.20. The molecule has 3 aromatic heterocycles. The van der Waals surface area contributed by atoms with Gasteiger partial charge in [0.15, 0.2) is 5.82 Å². The molecule has 0 radical (unpaired) electrons. The first-order valence-corrected chi connectivity index (χ1v) is 10.2. The second-order valence-corrected chi connectivity index (χ2v) is 7.95. The first-order chi connectivity index (χ1) is 14.6. The third-order valence-corrected chi connectivity index (χ3v) is 5.55. The Morgan fingerprint density at radius 3 is 2.87 bits per heavy atom. The van der Waals surface area contributed by atoms with Gasteiger partial charge in [-0.05, 0) is 37.6 Å². The number of hydrogen-bond donors (Lipinski definition) is 0. The zero-order valence-corrected chi connectivity index (χ0v) is 17.2. The minimum absolute atomic E-state index is 0.223. The average Bonchev–Trinajstić information content (AvgIpc) is 3.50. The van der Waals surface area contributed by atoms with Crippen molar-refractivity contribution in [2.24, 2.45) is 7.05 Å². The summed E-state index contributed by atoms with van der Waals surface area (Å²) in [7, 11) is 1.97. The molecular weight excluding hydrogens is 380 g/mol. The maximum Gasteiger partial charge on any atom is 0.240 e. The third kappa shape index (κ3) is 3.91. The van der Waals surface area contributed by atoms with Crippen molar-refractivity contribution in [2.75, 3.05) is 13.1 Å². The van der Waals surface area contributed by atoms with Gasteiger partial charge in [0.05, 0.1) is 18.2 Å². The van der Waals surface area contributed by atoms with Gasteiger partial charge in [0.2, 0.25) is 17.6 Å². The molecule has 1 fully saturated rings. The van der Waals surface area contributed by atoms with E-state index in [0.717, 1.165) is 31.0 Å². The van der Waals surface area contributed by atoms with E-state index in [1.165, 1.54) is 11.1 Å². The van der Waals surface area contributed by atoms with Crippen LogP contribution in [-0.2, 0) is 20.0 Å². The summed E-state index contributed by atoms with van der Waals surface area (Å²) in [5, 5.41) is 8.30. The van der Waals surface area contributed by atoms with Crippen LogP contribution in [0.2, 0.25) is 0 Å². The molecule has 30 heavy (non-hydrogen) atoms. The van der Waals surface area contributed by atoms with Crippen LogP contribution in [0.3, 0.4) is 0 Å². The molecule has 0 aliphatic carbocycles. The SMILES string of the molecule is Cc1cccc(Cc2noc(CN3CCC(c4nc(-c5cccn5C)no4)C3)n2)c1. The highest BCUT2D eigenvalue weighted by Crippen LogP contribution is 2.28. The van der Waals surface area contributed by atoms with Crippen molar-refractivity contribution >= 4 is 0 Å². The number of rotatable bonds is 6. The normalized spacial score (nSPS) is 17.1. The van der Waals surface area contributed by atoms with Gasteiger partial charge in [-0.1, -0.05) is 40.1 Å². The Hall–Kier alpha value is -3.26. The van der Waals surface area contributed by atoms with Gasteiger partial charge in [-0.2, -0.15) is 9.97 Å². The fourth-order valence-corrected chi connectivity index (χ4v) is 4.00. The highest BCUT2D eigenvalue weighted by molar-refractivity contribution is 5.49. The molecule has 1 saturated heterocycles. The lowest BCUT2D eigenvalue weighted by Gasteiger charge is -2.11. The van der Waals surface area contributed by atoms with Gasteiger partial charge in [-0.15, -0.1) is 0 Å². The minimum Gasteiger partial charge on any atom is -0.348 e. The number of aromatic nitrogens is 5. The Morgan fingerprint density at radius 1 is 1.10 bits per heavy atom. The lowest BCUT2D eigenvalue weighted by molar-refractivity contribution is 0.260. The number of benzene rings is 1. The van der Waals surface area contributed by atoms with Crippen molar-refractivity contribution in [3.05, 3.63) is 71.3 Å². The van der Waals surface area contributed by atoms with Crippen molar-refractivity contribution in [1.82, 2.24) is 29.7 Å². The van der Waals surface area contributed by atoms with Gasteiger partial charge in [0.25, 0.3) is 0 Å². The van der Waals surface area contributed by atoms with E-state index in [0.29, 0.717) is 30.6 Å². The Balaban J connectivity index is 1.20. The van der Waals surface area contributed by atoms with Crippen LogP contribution < -0.4 is 0 Å². The Labute approximate surface area is 174 Å². The van der Waals surface area contributed by atoms with Crippen LogP contribution in [0.5, 0.6) is 0 Å². The number of aryl methyl sites for hydroxylation is 2. The summed E-state index contributed by atoms with van der Waals surface area (Å²) in [5.41, 5.74) is 3.37. The predicted octanol–water partition coefficient (Wildman–Crippen LogP) is 3.35. The Bertz CT molecular complexity index is 1140. The molecule has 0 amide bonds. The van der Waals surface area contributed by atoms with Crippen molar-refractivity contribution < 1.29 is 9.05 Å². The van der Waals surface area contributed by atoms with Gasteiger partial charge in [0.1, 0.15) is 0 Å². The van der Waals surface area contributed by atoms with Crippen LogP contribution >= 0.6 is 0 Å². The predicted molar refractivity (Wildman–Crippen MR) is 110 cm³/mol. The van der Waals surface area contributed by atoms with E-state index < -0.39 is 0 Å². The molecule has 5 rings (SSSR count). The fraction of sp³-hybridized carbons (Fsp3) is 0.364. The van der Waals surface area contributed by atoms with Crippen molar-refractivity contribution in [3.63, 3.8) is 0 Å². The van der Waals surface area contributed by atoms with E-state index in [1.54, 1.807) is 0 Å². The summed E-state index contributed by atoms with van der Waals surface area (Å²) in [6, 6.07) is 12.3. The maximum absolute atomic E-state index is 5.55. The van der Waals surface area contributed by atoms with Crippen LogP contribution in [-0.4, -0.2) is 42.8 Å². The quantitative estimate of drug-likeness (QED) is 0.487. The van der Waals surface area contributed by atoms with Gasteiger partial charge in [-0.3, -0.25) is 4.90 Å². The molecule has 154 valence electrons. The minimum atomic E-state index is 0.223. The molecule has 1 unspecified atom stereocenters. The summed E-state index contributed by atoms with van der Waals surface area (Å²) >= 11 is 0. The molecular formula is C22H24N6O2. The molecule has 0 bridgehead atoms. The monoisotopic (exact) mass is 404 g/mol. The largest absolute Gasteiger partial charge is 0.348 e. The molecule has 4 heterocycles. The molecule has 8 heteroatoms. The summed E-state index contributed by atoms with van der Waals surface area (Å²) in [6.45, 7) is 4.49. The van der Waals surface area contributed by atoms with E-state index in [4.69, 9.17) is 9.05 Å². The summed E-state index contributed by atoms with van der Waals surface area (Å²) < 4.78 is 13.0. The lowest BCUT2D eigenvalue weighted by atomic mass is 10.1. The zero-order chi connectivity index (χ0) is 20.5. The van der Waals surface area contributed by atoms with Crippen molar-refractivity contribution in [1.29, 1.82) is 0 Å². The number of nitrogens with zero attached hydrogens (tertiary/aromatic N) is 6. The van der Waals surface area contributed by atoms with Gasteiger partial charge >= 0.3 is 0 Å². The van der Waals surface area contributed by atoms with Crippen LogP contribution in [0.15, 0.2) is 51.6 Å². The molecule has 1 aromatic carbocycles. The highest BCUT2D eigenvalue weighted by Gasteiger charge is 2.29. The van der Waals surface area contributed by atoms with Crippen LogP contribution in [0.4, 0.5) is 0 Å². The molecule has 4 aromatic rings. The van der Waals surface area contributed by atoms with Gasteiger partial charge < -0.3 is 13.6 Å². The topological polar surface area (TPSA) is 86.0 Å². The van der Waals surface area contributed by atoms with Crippen LogP contribution in [0.1, 0.15) is 41.1 Å². The van der Waals surface area contributed by atoms with E-state index in [1.807, 2.05) is 29.9 Å². The van der Waals surface area contributed by atoms with E-state index in [2.05, 4.69) is 56.4 Å². The van der Waals surface area contributed by atoms with Gasteiger partial charge in [0, 0.05) is 26.2 Å². The average molecular weight is 404 g/mol.